The maximum absolute atomic E-state index is 12.8. The van der Waals surface area contributed by atoms with Gasteiger partial charge in [-0.25, -0.2) is 4.39 Å². The first-order valence-corrected chi connectivity index (χ1v) is 3.16. The average Bonchev–Trinajstić information content (AvgIpc) is 1.64. The summed E-state index contributed by atoms with van der Waals surface area (Å²) in [6.07, 6.45) is 3.10. The predicted molar refractivity (Wildman–Crippen MR) is 38.6 cm³/mol. The van der Waals surface area contributed by atoms with Gasteiger partial charge in [0, 0.05) is 0 Å². The molecule has 3 heteroatoms. The summed E-state index contributed by atoms with van der Waals surface area (Å²) in [6.45, 7) is 0.497. The van der Waals surface area contributed by atoms with Crippen molar-refractivity contribution in [2.24, 2.45) is 5.73 Å². The van der Waals surface area contributed by atoms with Crippen molar-refractivity contribution in [2.75, 3.05) is 6.54 Å². The van der Waals surface area contributed by atoms with Gasteiger partial charge < -0.3 is 5.73 Å². The fraction of sp³-hybridized carbons (Fsp3) is 1.00. The van der Waals surface area contributed by atoms with Crippen LogP contribution in [0.4, 0.5) is 4.39 Å². The third kappa shape index (κ3) is 2.11. The summed E-state index contributed by atoms with van der Waals surface area (Å²) < 4.78 is 12.8. The molecule has 56 valence electrons. The zero-order valence-corrected chi connectivity index (χ0v) is 6.22. The van der Waals surface area contributed by atoms with Crippen LogP contribution in [0.5, 0.6) is 0 Å². The van der Waals surface area contributed by atoms with Gasteiger partial charge in [-0.3, -0.25) is 0 Å². The van der Waals surface area contributed by atoms with Crippen molar-refractivity contribution in [3.63, 3.8) is 0 Å². The molecule has 1 aliphatic carbocycles. The van der Waals surface area contributed by atoms with E-state index in [1.165, 1.54) is 0 Å². The summed E-state index contributed by atoms with van der Waals surface area (Å²) in [6, 6.07) is 0. The van der Waals surface area contributed by atoms with Gasteiger partial charge in [-0.05, 0) is 32.2 Å². The van der Waals surface area contributed by atoms with Crippen LogP contribution in [0.2, 0.25) is 0 Å². The molecule has 0 aliphatic heterocycles. The Bertz CT molecular complexity index is 83.1. The molecular weight excluding hydrogens is 141 g/mol. The Morgan fingerprint density at radius 1 is 1.44 bits per heavy atom. The molecule has 0 unspecified atom stereocenters. The van der Waals surface area contributed by atoms with Gasteiger partial charge in [-0.1, -0.05) is 0 Å². The van der Waals surface area contributed by atoms with Crippen LogP contribution in [0.1, 0.15) is 25.7 Å². The lowest BCUT2D eigenvalue weighted by molar-refractivity contribution is 0.0567. The average molecular weight is 154 g/mol. The summed E-state index contributed by atoms with van der Waals surface area (Å²) in [5.74, 6) is 0. The fourth-order valence-corrected chi connectivity index (χ4v) is 1.07. The largest absolute Gasteiger partial charge is 0.330 e. The monoisotopic (exact) mass is 153 g/mol. The lowest BCUT2D eigenvalue weighted by atomic mass is 9.80. The minimum Gasteiger partial charge on any atom is -0.330 e. The molecule has 0 atom stereocenters. The quantitative estimate of drug-likeness (QED) is 0.642. The van der Waals surface area contributed by atoms with Crippen LogP contribution in [0.25, 0.3) is 0 Å². The molecular formula is C6H13ClFN. The van der Waals surface area contributed by atoms with E-state index in [0.717, 1.165) is 19.3 Å². The Hall–Kier alpha value is 0.180. The van der Waals surface area contributed by atoms with Crippen LogP contribution in [0.3, 0.4) is 0 Å². The van der Waals surface area contributed by atoms with Gasteiger partial charge in [0.15, 0.2) is 0 Å². The number of rotatable bonds is 2. The van der Waals surface area contributed by atoms with Crippen molar-refractivity contribution in [3.8, 4) is 0 Å². The van der Waals surface area contributed by atoms with Gasteiger partial charge in [-0.15, -0.1) is 12.4 Å². The second-order valence-corrected chi connectivity index (χ2v) is 2.54. The van der Waals surface area contributed by atoms with Gasteiger partial charge in [0.25, 0.3) is 0 Å². The lowest BCUT2D eigenvalue weighted by Gasteiger charge is -2.33. The minimum atomic E-state index is -0.852. The standard InChI is InChI=1S/C6H12FN.ClH/c7-6(4-5-8)2-1-3-6;/h1-5,8H2;1H. The highest BCUT2D eigenvalue weighted by atomic mass is 35.5. The number of alkyl halides is 1. The maximum atomic E-state index is 12.8. The van der Waals surface area contributed by atoms with Crippen molar-refractivity contribution in [2.45, 2.75) is 31.4 Å². The third-order valence-corrected chi connectivity index (χ3v) is 1.84. The highest BCUT2D eigenvalue weighted by Crippen LogP contribution is 2.37. The molecule has 1 rings (SSSR count). The van der Waals surface area contributed by atoms with Gasteiger partial charge in [0.2, 0.25) is 0 Å². The second kappa shape index (κ2) is 3.37. The molecule has 0 radical (unpaired) electrons. The first kappa shape index (κ1) is 9.18. The topological polar surface area (TPSA) is 26.0 Å². The van der Waals surface area contributed by atoms with Crippen molar-refractivity contribution in [3.05, 3.63) is 0 Å². The first-order valence-electron chi connectivity index (χ1n) is 3.16. The van der Waals surface area contributed by atoms with E-state index in [-0.39, 0.29) is 12.4 Å². The Morgan fingerprint density at radius 3 is 2.11 bits per heavy atom. The zero-order chi connectivity index (χ0) is 6.04. The SMILES string of the molecule is Cl.NCCC1(F)CCC1. The molecule has 0 spiro atoms. The van der Waals surface area contributed by atoms with Gasteiger partial charge in [0.1, 0.15) is 5.67 Å². The normalized spacial score (nSPS) is 22.0. The summed E-state index contributed by atoms with van der Waals surface area (Å²) in [7, 11) is 0. The summed E-state index contributed by atoms with van der Waals surface area (Å²) in [5, 5.41) is 0. The number of hydrogen-bond acceptors (Lipinski definition) is 1. The van der Waals surface area contributed by atoms with Crippen molar-refractivity contribution in [1.82, 2.24) is 0 Å². The van der Waals surface area contributed by atoms with E-state index in [1.807, 2.05) is 0 Å². The molecule has 0 bridgehead atoms. The Labute approximate surface area is 61.2 Å². The molecule has 1 saturated carbocycles. The second-order valence-electron chi connectivity index (χ2n) is 2.54. The van der Waals surface area contributed by atoms with Gasteiger partial charge >= 0.3 is 0 Å². The molecule has 1 aliphatic rings. The summed E-state index contributed by atoms with van der Waals surface area (Å²) >= 11 is 0. The highest BCUT2D eigenvalue weighted by molar-refractivity contribution is 5.85. The lowest BCUT2D eigenvalue weighted by Crippen LogP contribution is -2.33. The van der Waals surface area contributed by atoms with Crippen molar-refractivity contribution >= 4 is 12.4 Å². The van der Waals surface area contributed by atoms with Crippen LogP contribution in [-0.4, -0.2) is 12.2 Å². The zero-order valence-electron chi connectivity index (χ0n) is 5.40. The molecule has 0 saturated heterocycles. The van der Waals surface area contributed by atoms with Crippen LogP contribution in [0.15, 0.2) is 0 Å². The highest BCUT2D eigenvalue weighted by Gasteiger charge is 2.35. The molecule has 0 aromatic carbocycles. The molecule has 0 aromatic heterocycles. The number of hydrogen-bond donors (Lipinski definition) is 1. The van der Waals surface area contributed by atoms with Crippen molar-refractivity contribution in [1.29, 1.82) is 0 Å². The van der Waals surface area contributed by atoms with Crippen molar-refractivity contribution < 1.29 is 4.39 Å². The van der Waals surface area contributed by atoms with E-state index < -0.39 is 5.67 Å². The smallest absolute Gasteiger partial charge is 0.112 e. The molecule has 1 nitrogen and oxygen atoms in total. The first-order chi connectivity index (χ1) is 3.77. The van der Waals surface area contributed by atoms with Gasteiger partial charge in [0.05, 0.1) is 0 Å². The van der Waals surface area contributed by atoms with E-state index >= 15 is 0 Å². The number of nitrogens with two attached hydrogens (primary N) is 1. The Morgan fingerprint density at radius 2 is 2.00 bits per heavy atom. The molecule has 1 fully saturated rings. The van der Waals surface area contributed by atoms with E-state index in [1.54, 1.807) is 0 Å². The molecule has 0 heterocycles. The van der Waals surface area contributed by atoms with E-state index in [2.05, 4.69) is 0 Å². The molecule has 0 aromatic rings. The minimum absolute atomic E-state index is 0. The molecule has 2 N–H and O–H groups in total. The van der Waals surface area contributed by atoms with E-state index in [0.29, 0.717) is 13.0 Å². The van der Waals surface area contributed by atoms with E-state index in [4.69, 9.17) is 5.73 Å². The maximum Gasteiger partial charge on any atom is 0.112 e. The van der Waals surface area contributed by atoms with E-state index in [9.17, 15) is 4.39 Å². The third-order valence-electron chi connectivity index (χ3n) is 1.84. The number of halogens is 2. The van der Waals surface area contributed by atoms with Gasteiger partial charge in [-0.2, -0.15) is 0 Å². The predicted octanol–water partition coefficient (Wildman–Crippen LogP) is 1.65. The fourth-order valence-electron chi connectivity index (χ4n) is 1.07. The van der Waals surface area contributed by atoms with Crippen LogP contribution in [-0.2, 0) is 0 Å². The summed E-state index contributed by atoms with van der Waals surface area (Å²) in [4.78, 5) is 0. The molecule has 0 amide bonds. The Kier molecular flexibility index (Phi) is 3.44. The molecule has 9 heavy (non-hydrogen) atoms. The van der Waals surface area contributed by atoms with Crippen LogP contribution in [0, 0.1) is 0 Å². The van der Waals surface area contributed by atoms with Crippen LogP contribution >= 0.6 is 12.4 Å². The van der Waals surface area contributed by atoms with Crippen LogP contribution < -0.4 is 5.73 Å². The Balaban J connectivity index is 0.000000640. The summed E-state index contributed by atoms with van der Waals surface area (Å²) in [5.41, 5.74) is 4.33.